The van der Waals surface area contributed by atoms with Crippen LogP contribution in [0, 0.1) is 5.92 Å². The molecule has 2 aromatic heterocycles. The number of anilines is 1. The van der Waals surface area contributed by atoms with Crippen molar-refractivity contribution in [2.24, 2.45) is 5.92 Å². The number of fused-ring (bicyclic) bond motifs is 2. The average molecular weight is 307 g/mol. The van der Waals surface area contributed by atoms with Crippen molar-refractivity contribution in [2.75, 3.05) is 25.0 Å². The fraction of sp³-hybridized carbons (Fsp3) is 0.333. The molecule has 118 valence electrons. The number of benzene rings is 1. The van der Waals surface area contributed by atoms with Crippen LogP contribution in [0.5, 0.6) is 0 Å². The number of hydrogen-bond donors (Lipinski definition) is 2. The molecule has 0 aliphatic carbocycles. The molecule has 1 aromatic carbocycles. The first-order chi connectivity index (χ1) is 11.4. The van der Waals surface area contributed by atoms with Crippen LogP contribution >= 0.6 is 0 Å². The van der Waals surface area contributed by atoms with Crippen molar-refractivity contribution >= 4 is 16.7 Å². The third-order valence-electron chi connectivity index (χ3n) is 4.44. The fourth-order valence-corrected chi connectivity index (χ4v) is 3.22. The topological polar surface area (TPSA) is 54.8 Å². The van der Waals surface area contributed by atoms with Gasteiger partial charge in [0.05, 0.1) is 11.7 Å². The first-order valence-electron chi connectivity index (χ1n) is 8.19. The number of nitrogens with one attached hydrogen (secondary N) is 2. The van der Waals surface area contributed by atoms with E-state index in [9.17, 15) is 0 Å². The molecule has 0 saturated heterocycles. The van der Waals surface area contributed by atoms with E-state index in [0.717, 1.165) is 43.9 Å². The van der Waals surface area contributed by atoms with Gasteiger partial charge in [0.2, 0.25) is 0 Å². The average Bonchev–Trinajstić information content (AvgIpc) is 3.06. The zero-order chi connectivity index (χ0) is 15.5. The maximum Gasteiger partial charge on any atom is 0.124 e. The highest BCUT2D eigenvalue weighted by Gasteiger charge is 2.17. The number of hydrogen-bond acceptors (Lipinski definition) is 4. The van der Waals surface area contributed by atoms with Crippen molar-refractivity contribution in [3.8, 4) is 0 Å². The van der Waals surface area contributed by atoms with Gasteiger partial charge in [-0.2, -0.15) is 5.10 Å². The maximum absolute atomic E-state index is 4.52. The maximum atomic E-state index is 4.52. The molecular weight excluding hydrogens is 286 g/mol. The van der Waals surface area contributed by atoms with Crippen molar-refractivity contribution in [1.82, 2.24) is 20.1 Å². The Bertz CT molecular complexity index is 789. The molecule has 0 bridgehead atoms. The lowest BCUT2D eigenvalue weighted by molar-refractivity contribution is 0.393. The normalized spacial score (nSPS) is 17.0. The van der Waals surface area contributed by atoms with E-state index in [0.29, 0.717) is 5.92 Å². The lowest BCUT2D eigenvalue weighted by atomic mass is 10.1. The number of pyridine rings is 1. The molecule has 2 N–H and O–H groups in total. The minimum absolute atomic E-state index is 0.577. The van der Waals surface area contributed by atoms with Gasteiger partial charge in [0.1, 0.15) is 5.82 Å². The third-order valence-corrected chi connectivity index (χ3v) is 4.44. The molecule has 0 spiro atoms. The Labute approximate surface area is 135 Å². The molecule has 5 heteroatoms. The predicted octanol–water partition coefficient (Wildman–Crippen LogP) is 2.31. The van der Waals surface area contributed by atoms with E-state index in [1.54, 1.807) is 0 Å². The quantitative estimate of drug-likeness (QED) is 0.710. The van der Waals surface area contributed by atoms with Crippen LogP contribution in [0.4, 0.5) is 5.82 Å². The smallest absolute Gasteiger partial charge is 0.124 e. The Morgan fingerprint density at radius 1 is 1.17 bits per heavy atom. The van der Waals surface area contributed by atoms with Gasteiger partial charge in [-0.05, 0) is 24.6 Å². The summed E-state index contributed by atoms with van der Waals surface area (Å²) in [6.45, 7) is 3.97. The molecule has 1 aliphatic rings. The predicted molar refractivity (Wildman–Crippen MR) is 92.5 cm³/mol. The summed E-state index contributed by atoms with van der Waals surface area (Å²) < 4.78 is 2.05. The lowest BCUT2D eigenvalue weighted by Crippen LogP contribution is -2.36. The van der Waals surface area contributed by atoms with Gasteiger partial charge >= 0.3 is 0 Å². The second-order valence-corrected chi connectivity index (χ2v) is 6.09. The summed E-state index contributed by atoms with van der Waals surface area (Å²) in [4.78, 5) is 4.52. The van der Waals surface area contributed by atoms with Crippen molar-refractivity contribution < 1.29 is 0 Å². The van der Waals surface area contributed by atoms with Crippen molar-refractivity contribution in [3.05, 3.63) is 54.4 Å². The molecule has 0 unspecified atom stereocenters. The van der Waals surface area contributed by atoms with Gasteiger partial charge in [-0.3, -0.25) is 4.98 Å². The van der Waals surface area contributed by atoms with Crippen LogP contribution in [-0.2, 0) is 13.0 Å². The molecule has 1 aliphatic heterocycles. The largest absolute Gasteiger partial charge is 0.370 e. The van der Waals surface area contributed by atoms with E-state index < -0.39 is 0 Å². The Morgan fingerprint density at radius 2 is 2.13 bits per heavy atom. The Kier molecular flexibility index (Phi) is 3.94. The van der Waals surface area contributed by atoms with Gasteiger partial charge in [0.15, 0.2) is 0 Å². The molecule has 3 heterocycles. The van der Waals surface area contributed by atoms with Crippen LogP contribution in [0.15, 0.2) is 48.8 Å². The van der Waals surface area contributed by atoms with Crippen LogP contribution < -0.4 is 10.6 Å². The van der Waals surface area contributed by atoms with Crippen LogP contribution in [0.25, 0.3) is 10.9 Å². The van der Waals surface area contributed by atoms with Gasteiger partial charge in [-0.25, -0.2) is 4.68 Å². The molecular formula is C18H21N5. The number of aromatic nitrogens is 3. The first kappa shape index (κ1) is 14.2. The summed E-state index contributed by atoms with van der Waals surface area (Å²) in [5.41, 5.74) is 2.43. The van der Waals surface area contributed by atoms with Crippen molar-refractivity contribution in [3.63, 3.8) is 0 Å². The molecule has 0 fully saturated rings. The minimum atomic E-state index is 0.577. The van der Waals surface area contributed by atoms with Gasteiger partial charge in [-0.15, -0.1) is 0 Å². The molecule has 4 rings (SSSR count). The van der Waals surface area contributed by atoms with Gasteiger partial charge in [0.25, 0.3) is 0 Å². The molecule has 3 aromatic rings. The zero-order valence-electron chi connectivity index (χ0n) is 13.1. The van der Waals surface area contributed by atoms with Gasteiger partial charge in [-0.1, -0.05) is 24.3 Å². The highest BCUT2D eigenvalue weighted by Crippen LogP contribution is 2.17. The molecule has 0 amide bonds. The Hall–Kier alpha value is -2.40. The van der Waals surface area contributed by atoms with Crippen LogP contribution in [0.1, 0.15) is 5.56 Å². The SMILES string of the molecule is c1cnc2c(CCNC[C@H]3CNc4ccnn4C3)cccc2c1. The second kappa shape index (κ2) is 6.38. The van der Waals surface area contributed by atoms with E-state index in [2.05, 4.69) is 45.0 Å². The van der Waals surface area contributed by atoms with Crippen molar-refractivity contribution in [1.29, 1.82) is 0 Å². The minimum Gasteiger partial charge on any atom is -0.370 e. The zero-order valence-corrected chi connectivity index (χ0v) is 13.1. The molecule has 1 atom stereocenters. The summed E-state index contributed by atoms with van der Waals surface area (Å²) in [7, 11) is 0. The van der Waals surface area contributed by atoms with Crippen LogP contribution in [-0.4, -0.2) is 34.4 Å². The standard InChI is InChI=1S/C18H21N5/c1-3-15-5-2-8-20-18(15)16(4-1)6-9-19-11-14-12-21-17-7-10-22-23(17)13-14/h1-5,7-8,10,14,19,21H,6,9,11-13H2/t14-/m0/s1. The molecule has 0 saturated carbocycles. The summed E-state index contributed by atoms with van der Waals surface area (Å²) in [5, 5.41) is 12.6. The molecule has 5 nitrogen and oxygen atoms in total. The molecule has 23 heavy (non-hydrogen) atoms. The number of rotatable bonds is 5. The van der Waals surface area contributed by atoms with E-state index in [1.807, 2.05) is 29.2 Å². The number of nitrogens with zero attached hydrogens (tertiary/aromatic N) is 3. The summed E-state index contributed by atoms with van der Waals surface area (Å²) >= 11 is 0. The lowest BCUT2D eigenvalue weighted by Gasteiger charge is -2.25. The van der Waals surface area contributed by atoms with Crippen molar-refractivity contribution in [2.45, 2.75) is 13.0 Å². The summed E-state index contributed by atoms with van der Waals surface area (Å²) in [6.07, 6.45) is 4.72. The second-order valence-electron chi connectivity index (χ2n) is 6.09. The highest BCUT2D eigenvalue weighted by molar-refractivity contribution is 5.81. The Balaban J connectivity index is 1.31. The van der Waals surface area contributed by atoms with Crippen LogP contribution in [0.3, 0.4) is 0 Å². The summed E-state index contributed by atoms with van der Waals surface area (Å²) in [5.74, 6) is 1.70. The Morgan fingerprint density at radius 3 is 3.13 bits per heavy atom. The van der Waals surface area contributed by atoms with E-state index in [-0.39, 0.29) is 0 Å². The number of para-hydroxylation sites is 1. The van der Waals surface area contributed by atoms with E-state index in [4.69, 9.17) is 0 Å². The van der Waals surface area contributed by atoms with E-state index in [1.165, 1.54) is 10.9 Å². The monoisotopic (exact) mass is 307 g/mol. The van der Waals surface area contributed by atoms with Gasteiger partial charge in [0, 0.05) is 43.2 Å². The summed E-state index contributed by atoms with van der Waals surface area (Å²) in [6, 6.07) is 12.5. The van der Waals surface area contributed by atoms with Gasteiger partial charge < -0.3 is 10.6 Å². The van der Waals surface area contributed by atoms with E-state index >= 15 is 0 Å². The van der Waals surface area contributed by atoms with Crippen LogP contribution in [0.2, 0.25) is 0 Å². The highest BCUT2D eigenvalue weighted by atomic mass is 15.3. The fourth-order valence-electron chi connectivity index (χ4n) is 3.22. The molecule has 0 radical (unpaired) electrons. The third kappa shape index (κ3) is 3.05. The first-order valence-corrected chi connectivity index (χ1v) is 8.19.